The molecule has 226 valence electrons. The van der Waals surface area contributed by atoms with Crippen LogP contribution in [0.3, 0.4) is 0 Å². The first-order valence-corrected chi connectivity index (χ1v) is 13.9. The third-order valence-electron chi connectivity index (χ3n) is 6.61. The zero-order valence-electron chi connectivity index (χ0n) is 24.4. The van der Waals surface area contributed by atoms with Crippen molar-refractivity contribution >= 4 is 29.6 Å². The zero-order valence-corrected chi connectivity index (χ0v) is 24.4. The Hall–Kier alpha value is -5.06. The average Bonchev–Trinajstić information content (AvgIpc) is 2.95. The summed E-state index contributed by atoms with van der Waals surface area (Å²) in [4.78, 5) is 39.7. The van der Waals surface area contributed by atoms with Crippen LogP contribution in [0.1, 0.15) is 48.7 Å². The van der Waals surface area contributed by atoms with Gasteiger partial charge < -0.3 is 30.0 Å². The molecule has 1 atom stereocenters. The number of para-hydroxylation sites is 2. The summed E-state index contributed by atoms with van der Waals surface area (Å²) in [5, 5.41) is 16.9. The molecule has 0 aromatic heterocycles. The number of nitrogens with two attached hydrogens (primary N) is 1. The highest BCUT2D eigenvalue weighted by atomic mass is 16.6. The SMILES string of the molecule is CC(C)(C)OC(=O)N(CCc1ccc(OCCC2Oc3ccccc3N(Cc3ccc(C(=O)O)cc3)C2=O)cc1)C(=N)N. The molecule has 0 fully saturated rings. The Kier molecular flexibility index (Phi) is 9.54. The van der Waals surface area contributed by atoms with E-state index in [4.69, 9.17) is 25.4 Å². The minimum atomic E-state index is -1.01. The molecule has 3 aromatic carbocycles. The second kappa shape index (κ2) is 13.3. The molecule has 1 heterocycles. The lowest BCUT2D eigenvalue weighted by Crippen LogP contribution is -2.46. The third-order valence-corrected chi connectivity index (χ3v) is 6.61. The predicted octanol–water partition coefficient (Wildman–Crippen LogP) is 4.82. The number of nitrogens with zero attached hydrogens (tertiary/aromatic N) is 2. The van der Waals surface area contributed by atoms with Crippen LogP contribution in [0.25, 0.3) is 0 Å². The lowest BCUT2D eigenvalue weighted by molar-refractivity contribution is -0.127. The first-order chi connectivity index (χ1) is 20.4. The maximum absolute atomic E-state index is 13.4. The molecule has 0 saturated carbocycles. The van der Waals surface area contributed by atoms with E-state index >= 15 is 0 Å². The standard InChI is InChI=1S/C32H36N4O7/c1-32(2,3)43-31(40)35(30(33)34)18-16-21-10-14-24(15-11-21)41-19-17-27-28(37)36(25-6-4-5-7-26(25)42-27)20-22-8-12-23(13-9-22)29(38)39/h4-15,27H,16-20H2,1-3H3,(H3,33,34)(H,38,39). The normalized spacial score (nSPS) is 14.3. The van der Waals surface area contributed by atoms with Crippen molar-refractivity contribution in [2.45, 2.75) is 51.9 Å². The van der Waals surface area contributed by atoms with Gasteiger partial charge in [-0.3, -0.25) is 10.2 Å². The summed E-state index contributed by atoms with van der Waals surface area (Å²) in [5.74, 6) is -0.402. The number of carbonyl (C=O) groups excluding carboxylic acids is 2. The number of rotatable bonds is 10. The molecule has 1 unspecified atom stereocenters. The van der Waals surface area contributed by atoms with Crippen LogP contribution >= 0.6 is 0 Å². The second-order valence-corrected chi connectivity index (χ2v) is 11.0. The lowest BCUT2D eigenvalue weighted by atomic mass is 10.1. The number of guanidine groups is 1. The molecule has 0 saturated heterocycles. The summed E-state index contributed by atoms with van der Waals surface area (Å²) in [7, 11) is 0. The van der Waals surface area contributed by atoms with Crippen LogP contribution in [0.4, 0.5) is 10.5 Å². The smallest absolute Gasteiger partial charge is 0.417 e. The fourth-order valence-corrected chi connectivity index (χ4v) is 4.46. The second-order valence-electron chi connectivity index (χ2n) is 11.0. The zero-order chi connectivity index (χ0) is 31.1. The number of carbonyl (C=O) groups is 3. The van der Waals surface area contributed by atoms with Gasteiger partial charge in [-0.1, -0.05) is 36.4 Å². The number of fused-ring (bicyclic) bond motifs is 1. The molecule has 4 rings (SSSR count). The molecule has 0 bridgehead atoms. The molecule has 4 N–H and O–H groups in total. The molecule has 11 heteroatoms. The molecule has 2 amide bonds. The molecule has 3 aromatic rings. The van der Waals surface area contributed by atoms with Gasteiger partial charge in [0.25, 0.3) is 5.91 Å². The molecule has 0 spiro atoms. The fourth-order valence-electron chi connectivity index (χ4n) is 4.46. The van der Waals surface area contributed by atoms with Crippen molar-refractivity contribution in [3.63, 3.8) is 0 Å². The Morgan fingerprint density at radius 2 is 1.67 bits per heavy atom. The Labute approximate surface area is 250 Å². The van der Waals surface area contributed by atoms with Crippen LogP contribution in [0.5, 0.6) is 11.5 Å². The number of anilines is 1. The van der Waals surface area contributed by atoms with Crippen molar-refractivity contribution in [3.05, 3.63) is 89.5 Å². The molecular weight excluding hydrogens is 552 g/mol. The molecule has 0 radical (unpaired) electrons. The summed E-state index contributed by atoms with van der Waals surface area (Å²) < 4.78 is 17.3. The molecule has 11 nitrogen and oxygen atoms in total. The minimum absolute atomic E-state index is 0.180. The molecule has 1 aliphatic heterocycles. The first-order valence-electron chi connectivity index (χ1n) is 13.9. The van der Waals surface area contributed by atoms with Crippen molar-refractivity contribution in [1.82, 2.24) is 4.90 Å². The number of benzene rings is 3. The topological polar surface area (TPSA) is 155 Å². The number of hydrogen-bond donors (Lipinski definition) is 3. The predicted molar refractivity (Wildman–Crippen MR) is 161 cm³/mol. The fraction of sp³-hybridized carbons (Fsp3) is 0.312. The largest absolute Gasteiger partial charge is 0.493 e. The summed E-state index contributed by atoms with van der Waals surface area (Å²) in [6.07, 6.45) is -0.653. The summed E-state index contributed by atoms with van der Waals surface area (Å²) in [5.41, 5.74) is 7.43. The summed E-state index contributed by atoms with van der Waals surface area (Å²) >= 11 is 0. The Morgan fingerprint density at radius 3 is 2.30 bits per heavy atom. The van der Waals surface area contributed by atoms with Crippen molar-refractivity contribution in [2.75, 3.05) is 18.1 Å². The summed E-state index contributed by atoms with van der Waals surface area (Å²) in [6, 6.07) is 21.1. The van der Waals surface area contributed by atoms with Crippen LogP contribution in [-0.4, -0.2) is 58.8 Å². The van der Waals surface area contributed by atoms with E-state index in [2.05, 4.69) is 0 Å². The van der Waals surface area contributed by atoms with Gasteiger partial charge in [0.15, 0.2) is 12.1 Å². The van der Waals surface area contributed by atoms with Crippen LogP contribution in [0.15, 0.2) is 72.8 Å². The van der Waals surface area contributed by atoms with Crippen molar-refractivity contribution in [2.24, 2.45) is 5.73 Å². The van der Waals surface area contributed by atoms with Gasteiger partial charge in [-0.25, -0.2) is 14.5 Å². The number of nitrogens with one attached hydrogen (secondary N) is 1. The van der Waals surface area contributed by atoms with Crippen molar-refractivity contribution < 1.29 is 33.7 Å². The van der Waals surface area contributed by atoms with Crippen molar-refractivity contribution in [3.8, 4) is 11.5 Å². The van der Waals surface area contributed by atoms with E-state index in [9.17, 15) is 19.5 Å². The van der Waals surface area contributed by atoms with Gasteiger partial charge in [0.1, 0.15) is 17.1 Å². The van der Waals surface area contributed by atoms with E-state index in [0.717, 1.165) is 16.0 Å². The van der Waals surface area contributed by atoms with Crippen LogP contribution in [0.2, 0.25) is 0 Å². The van der Waals surface area contributed by atoms with E-state index in [1.54, 1.807) is 49.9 Å². The van der Waals surface area contributed by atoms with Crippen LogP contribution in [0, 0.1) is 5.41 Å². The Balaban J connectivity index is 1.33. The maximum Gasteiger partial charge on any atom is 0.417 e. The monoisotopic (exact) mass is 588 g/mol. The lowest BCUT2D eigenvalue weighted by Gasteiger charge is -2.34. The van der Waals surface area contributed by atoms with Gasteiger partial charge in [0.05, 0.1) is 24.4 Å². The van der Waals surface area contributed by atoms with Gasteiger partial charge >= 0.3 is 12.1 Å². The van der Waals surface area contributed by atoms with E-state index in [1.807, 2.05) is 36.4 Å². The van der Waals surface area contributed by atoms with E-state index in [-0.39, 0.29) is 37.1 Å². The highest BCUT2D eigenvalue weighted by Gasteiger charge is 2.34. The van der Waals surface area contributed by atoms with Crippen LogP contribution < -0.4 is 20.1 Å². The third kappa shape index (κ3) is 8.25. The maximum atomic E-state index is 13.4. The van der Waals surface area contributed by atoms with Crippen molar-refractivity contribution in [1.29, 1.82) is 5.41 Å². The van der Waals surface area contributed by atoms with Gasteiger partial charge in [-0.05, 0) is 74.7 Å². The number of aromatic carboxylic acids is 1. The first kappa shape index (κ1) is 30.9. The number of carboxylic acids is 1. The van der Waals surface area contributed by atoms with E-state index in [1.165, 1.54) is 12.1 Å². The summed E-state index contributed by atoms with van der Waals surface area (Å²) in [6.45, 7) is 5.93. The molecular formula is C32H36N4O7. The minimum Gasteiger partial charge on any atom is -0.493 e. The molecule has 1 aliphatic rings. The number of carboxylic acid groups (broad SMARTS) is 1. The van der Waals surface area contributed by atoms with E-state index < -0.39 is 23.8 Å². The highest BCUT2D eigenvalue weighted by Crippen LogP contribution is 2.35. The van der Waals surface area contributed by atoms with Gasteiger partial charge in [0.2, 0.25) is 0 Å². The average molecular weight is 589 g/mol. The Morgan fingerprint density at radius 1 is 1.02 bits per heavy atom. The molecule has 0 aliphatic carbocycles. The van der Waals surface area contributed by atoms with Gasteiger partial charge in [0, 0.05) is 13.0 Å². The quantitative estimate of drug-likeness (QED) is 0.225. The van der Waals surface area contributed by atoms with E-state index in [0.29, 0.717) is 30.0 Å². The highest BCUT2D eigenvalue weighted by molar-refractivity contribution is 6.00. The number of ether oxygens (including phenoxy) is 3. The number of amides is 2. The van der Waals surface area contributed by atoms with Crippen LogP contribution in [-0.2, 0) is 22.5 Å². The Bertz CT molecular complexity index is 1470. The van der Waals surface area contributed by atoms with Gasteiger partial charge in [-0.2, -0.15) is 0 Å². The van der Waals surface area contributed by atoms with Gasteiger partial charge in [-0.15, -0.1) is 0 Å². The number of hydrogen-bond acceptors (Lipinski definition) is 7. The molecule has 43 heavy (non-hydrogen) atoms.